The minimum Gasteiger partial charge on any atom is -0.390 e. The van der Waals surface area contributed by atoms with Crippen molar-refractivity contribution in [3.63, 3.8) is 0 Å². The molecule has 11 heteroatoms. The van der Waals surface area contributed by atoms with E-state index in [4.69, 9.17) is 16.1 Å². The second-order valence-electron chi connectivity index (χ2n) is 9.11. The number of hydrogen-bond donors (Lipinski definition) is 2. The molecule has 0 bridgehead atoms. The predicted octanol–water partition coefficient (Wildman–Crippen LogP) is 3.63. The van der Waals surface area contributed by atoms with Crippen LogP contribution >= 0.6 is 11.6 Å². The summed E-state index contributed by atoms with van der Waals surface area (Å²) >= 11 is 6.04. The Morgan fingerprint density at radius 1 is 1.03 bits per heavy atom. The van der Waals surface area contributed by atoms with E-state index in [1.54, 1.807) is 31.2 Å². The van der Waals surface area contributed by atoms with Gasteiger partial charge in [0.2, 0.25) is 21.7 Å². The van der Waals surface area contributed by atoms with Gasteiger partial charge in [0.15, 0.2) is 0 Å². The van der Waals surface area contributed by atoms with E-state index in [0.717, 1.165) is 22.0 Å². The number of sulfonamides is 1. The third-order valence-electron chi connectivity index (χ3n) is 6.42. The van der Waals surface area contributed by atoms with Gasteiger partial charge in [0, 0.05) is 62.5 Å². The van der Waals surface area contributed by atoms with Gasteiger partial charge in [-0.2, -0.15) is 9.29 Å². The van der Waals surface area contributed by atoms with E-state index < -0.39 is 16.1 Å². The smallest absolute Gasteiger partial charge is 0.243 e. The van der Waals surface area contributed by atoms with E-state index in [9.17, 15) is 13.5 Å². The molecule has 0 saturated carbocycles. The quantitative estimate of drug-likeness (QED) is 0.348. The van der Waals surface area contributed by atoms with Crippen LogP contribution in [0.3, 0.4) is 0 Å². The van der Waals surface area contributed by atoms with Gasteiger partial charge in [-0.25, -0.2) is 8.42 Å². The lowest BCUT2D eigenvalue weighted by atomic mass is 10.1. The molecule has 194 valence electrons. The van der Waals surface area contributed by atoms with Crippen LogP contribution in [0.25, 0.3) is 22.2 Å². The maximum atomic E-state index is 13.2. The van der Waals surface area contributed by atoms with Crippen LogP contribution in [0, 0.1) is 6.92 Å². The highest BCUT2D eigenvalue weighted by Crippen LogP contribution is 2.25. The third kappa shape index (κ3) is 5.94. The summed E-state index contributed by atoms with van der Waals surface area (Å²) in [6.07, 6.45) is -0.602. The van der Waals surface area contributed by atoms with E-state index in [1.807, 2.05) is 36.4 Å². The van der Waals surface area contributed by atoms with Crippen LogP contribution in [0.1, 0.15) is 5.89 Å². The number of β-amino-alcohol motifs (C(OH)–C–C–N with tert-alkyl or cyclic N) is 1. The van der Waals surface area contributed by atoms with Crippen LogP contribution in [0.4, 0.5) is 5.69 Å². The number of aryl methyl sites for hydroxylation is 1. The summed E-state index contributed by atoms with van der Waals surface area (Å²) in [6, 6.07) is 18.1. The number of hydrogen-bond acceptors (Lipinski definition) is 8. The number of halogens is 1. The number of aliphatic hydroxyl groups excluding tert-OH is 1. The molecule has 3 aromatic carbocycles. The molecule has 0 radical (unpaired) electrons. The molecule has 9 nitrogen and oxygen atoms in total. The Morgan fingerprint density at radius 3 is 2.43 bits per heavy atom. The van der Waals surface area contributed by atoms with Crippen molar-refractivity contribution in [1.82, 2.24) is 19.3 Å². The molecule has 1 saturated heterocycles. The van der Waals surface area contributed by atoms with Crippen LogP contribution in [0.2, 0.25) is 5.02 Å². The summed E-state index contributed by atoms with van der Waals surface area (Å²) in [5.74, 6) is 1.05. The predicted molar refractivity (Wildman–Crippen MR) is 143 cm³/mol. The molecule has 1 atom stereocenters. The third-order valence-corrected chi connectivity index (χ3v) is 8.55. The van der Waals surface area contributed by atoms with Crippen molar-refractivity contribution in [2.45, 2.75) is 17.9 Å². The molecule has 0 aliphatic carbocycles. The first-order valence-electron chi connectivity index (χ1n) is 12.0. The fourth-order valence-corrected chi connectivity index (χ4v) is 6.05. The van der Waals surface area contributed by atoms with Crippen LogP contribution < -0.4 is 5.32 Å². The number of nitrogens with one attached hydrogen (secondary N) is 1. The maximum absolute atomic E-state index is 13.2. The van der Waals surface area contributed by atoms with Gasteiger partial charge in [-0.05, 0) is 59.3 Å². The molecule has 0 spiro atoms. The number of anilines is 1. The van der Waals surface area contributed by atoms with E-state index in [-0.39, 0.29) is 4.90 Å². The highest BCUT2D eigenvalue weighted by Gasteiger charge is 2.29. The maximum Gasteiger partial charge on any atom is 0.243 e. The van der Waals surface area contributed by atoms with Crippen molar-refractivity contribution in [3.05, 3.63) is 71.6 Å². The number of piperazine rings is 1. The van der Waals surface area contributed by atoms with E-state index in [1.165, 1.54) is 4.31 Å². The van der Waals surface area contributed by atoms with Gasteiger partial charge in [-0.15, -0.1) is 0 Å². The molecule has 1 aliphatic rings. The van der Waals surface area contributed by atoms with Crippen LogP contribution in [-0.4, -0.2) is 78.2 Å². The normalized spacial score (nSPS) is 16.2. The first-order chi connectivity index (χ1) is 17.8. The molecule has 1 unspecified atom stereocenters. The molecule has 1 aromatic heterocycles. The number of rotatable bonds is 8. The Balaban J connectivity index is 1.11. The van der Waals surface area contributed by atoms with E-state index >= 15 is 0 Å². The molecule has 37 heavy (non-hydrogen) atoms. The summed E-state index contributed by atoms with van der Waals surface area (Å²) in [6.45, 7) is 4.43. The van der Waals surface area contributed by atoms with Crippen LogP contribution in [0.15, 0.2) is 70.1 Å². The van der Waals surface area contributed by atoms with Gasteiger partial charge in [0.25, 0.3) is 0 Å². The molecular weight excluding hydrogens is 514 g/mol. The SMILES string of the molecule is Cc1nc(-c2ccc(NCC(O)CN3CCN(S(=O)(=O)c4ccc5cc(Cl)ccc5c4)CC3)cc2)no1. The van der Waals surface area contributed by atoms with Crippen molar-refractivity contribution in [3.8, 4) is 11.4 Å². The Labute approximate surface area is 220 Å². The summed E-state index contributed by atoms with van der Waals surface area (Å²) in [5.41, 5.74) is 1.72. The van der Waals surface area contributed by atoms with E-state index in [2.05, 4.69) is 20.4 Å². The summed E-state index contributed by atoms with van der Waals surface area (Å²) in [4.78, 5) is 6.58. The highest BCUT2D eigenvalue weighted by molar-refractivity contribution is 7.89. The lowest BCUT2D eigenvalue weighted by Crippen LogP contribution is -2.50. The van der Waals surface area contributed by atoms with Gasteiger partial charge >= 0.3 is 0 Å². The molecule has 0 amide bonds. The monoisotopic (exact) mass is 541 g/mol. The zero-order valence-electron chi connectivity index (χ0n) is 20.3. The Bertz CT molecular complexity index is 1480. The number of aromatic nitrogens is 2. The van der Waals surface area contributed by atoms with Crippen molar-refractivity contribution in [1.29, 1.82) is 0 Å². The van der Waals surface area contributed by atoms with Crippen LogP contribution in [0.5, 0.6) is 0 Å². The lowest BCUT2D eigenvalue weighted by Gasteiger charge is -2.35. The molecule has 4 aromatic rings. The molecular formula is C26H28ClN5O4S. The molecule has 2 heterocycles. The Hall–Kier alpha value is -3.02. The first-order valence-corrected chi connectivity index (χ1v) is 13.8. The van der Waals surface area contributed by atoms with E-state index in [0.29, 0.717) is 56.0 Å². The van der Waals surface area contributed by atoms with Crippen molar-refractivity contribution in [2.24, 2.45) is 0 Å². The first kappa shape index (κ1) is 25.6. The van der Waals surface area contributed by atoms with Crippen molar-refractivity contribution >= 4 is 38.1 Å². The summed E-state index contributed by atoms with van der Waals surface area (Å²) in [7, 11) is -3.60. The molecule has 1 aliphatic heterocycles. The highest BCUT2D eigenvalue weighted by atomic mass is 35.5. The molecule has 5 rings (SSSR count). The minimum absolute atomic E-state index is 0.278. The van der Waals surface area contributed by atoms with Gasteiger partial charge < -0.3 is 14.9 Å². The topological polar surface area (TPSA) is 112 Å². The van der Waals surface area contributed by atoms with Crippen molar-refractivity contribution < 1.29 is 18.0 Å². The number of aliphatic hydroxyl groups is 1. The van der Waals surface area contributed by atoms with Gasteiger partial charge in [0.05, 0.1) is 11.0 Å². The minimum atomic E-state index is -3.60. The average molecular weight is 542 g/mol. The number of fused-ring (bicyclic) bond motifs is 1. The largest absolute Gasteiger partial charge is 0.390 e. The van der Waals surface area contributed by atoms with Gasteiger partial charge in [0.1, 0.15) is 0 Å². The second kappa shape index (κ2) is 10.8. The Kier molecular flexibility index (Phi) is 7.45. The zero-order valence-corrected chi connectivity index (χ0v) is 21.9. The number of benzene rings is 3. The fourth-order valence-electron chi connectivity index (χ4n) is 4.41. The van der Waals surface area contributed by atoms with Gasteiger partial charge in [-0.1, -0.05) is 28.9 Å². The standard InChI is InChI=1S/C26H28ClN5O4S/c1-18-29-26(30-36-18)19-3-7-23(8-4-19)28-16-24(33)17-31-10-12-32(13-11-31)37(34,35)25-9-5-20-14-22(27)6-2-21(20)15-25/h2-9,14-15,24,28,33H,10-13,16-17H2,1H3. The molecule has 2 N–H and O–H groups in total. The average Bonchev–Trinajstić information content (AvgIpc) is 3.34. The van der Waals surface area contributed by atoms with Gasteiger partial charge in [-0.3, -0.25) is 4.90 Å². The zero-order chi connectivity index (χ0) is 26.0. The molecule has 1 fully saturated rings. The summed E-state index contributed by atoms with van der Waals surface area (Å²) < 4.78 is 32.9. The van der Waals surface area contributed by atoms with Crippen LogP contribution in [-0.2, 0) is 10.0 Å². The Morgan fingerprint density at radius 2 is 1.73 bits per heavy atom. The lowest BCUT2D eigenvalue weighted by molar-refractivity contribution is 0.0994. The fraction of sp³-hybridized carbons (Fsp3) is 0.308. The second-order valence-corrected chi connectivity index (χ2v) is 11.5. The number of nitrogens with zero attached hydrogens (tertiary/aromatic N) is 4. The van der Waals surface area contributed by atoms with Crippen molar-refractivity contribution in [2.75, 3.05) is 44.6 Å². The summed E-state index contributed by atoms with van der Waals surface area (Å²) in [5, 5.41) is 20.0.